The molecule has 1 N–H and O–H groups in total. The lowest BCUT2D eigenvalue weighted by molar-refractivity contribution is 0.467. The summed E-state index contributed by atoms with van der Waals surface area (Å²) in [5, 5.41) is 8.41. The van der Waals surface area contributed by atoms with Gasteiger partial charge in [0.1, 0.15) is 0 Å². The van der Waals surface area contributed by atoms with Gasteiger partial charge in [-0.05, 0) is 13.8 Å². The second-order valence-corrected chi connectivity index (χ2v) is 3.99. The SMILES string of the molecule is CC=CC(C)(C#N)S(=O)(=O)O. The van der Waals surface area contributed by atoms with Crippen molar-refractivity contribution in [2.45, 2.75) is 18.6 Å². The predicted octanol–water partition coefficient (Wildman–Crippen LogP) is 0.733. The van der Waals surface area contributed by atoms with Crippen molar-refractivity contribution in [1.29, 1.82) is 5.26 Å². The van der Waals surface area contributed by atoms with Crippen molar-refractivity contribution in [1.82, 2.24) is 0 Å². The van der Waals surface area contributed by atoms with E-state index in [9.17, 15) is 8.42 Å². The molecule has 1 atom stereocenters. The molecule has 0 heterocycles. The van der Waals surface area contributed by atoms with Crippen molar-refractivity contribution >= 4 is 10.1 Å². The zero-order valence-corrected chi connectivity index (χ0v) is 7.09. The number of hydrogen-bond donors (Lipinski definition) is 1. The monoisotopic (exact) mass is 175 g/mol. The molecule has 0 rings (SSSR count). The quantitative estimate of drug-likeness (QED) is 0.495. The molecular weight excluding hydrogens is 166 g/mol. The summed E-state index contributed by atoms with van der Waals surface area (Å²) in [5.41, 5.74) is 0. The van der Waals surface area contributed by atoms with E-state index in [1.165, 1.54) is 12.1 Å². The van der Waals surface area contributed by atoms with Crippen molar-refractivity contribution in [3.63, 3.8) is 0 Å². The van der Waals surface area contributed by atoms with E-state index >= 15 is 0 Å². The topological polar surface area (TPSA) is 78.2 Å². The third-order valence-electron chi connectivity index (χ3n) is 1.24. The first kappa shape index (κ1) is 10.1. The molecule has 0 aliphatic heterocycles. The maximum Gasteiger partial charge on any atom is 0.287 e. The fourth-order valence-corrected chi connectivity index (χ4v) is 0.922. The highest BCUT2D eigenvalue weighted by Gasteiger charge is 2.34. The van der Waals surface area contributed by atoms with Crippen LogP contribution in [0.25, 0.3) is 0 Å². The first-order chi connectivity index (χ1) is 4.87. The molecule has 0 saturated heterocycles. The summed E-state index contributed by atoms with van der Waals surface area (Å²) >= 11 is 0. The summed E-state index contributed by atoms with van der Waals surface area (Å²) in [6, 6.07) is 1.49. The lowest BCUT2D eigenvalue weighted by atomic mass is 10.2. The van der Waals surface area contributed by atoms with Gasteiger partial charge in [0.15, 0.2) is 4.75 Å². The summed E-state index contributed by atoms with van der Waals surface area (Å²) in [6.45, 7) is 2.70. The minimum absolute atomic E-state index is 1.13. The van der Waals surface area contributed by atoms with E-state index < -0.39 is 14.9 Å². The molecule has 0 fully saturated rings. The van der Waals surface area contributed by atoms with E-state index in [4.69, 9.17) is 9.81 Å². The molecule has 0 saturated carbocycles. The van der Waals surface area contributed by atoms with Gasteiger partial charge in [-0.3, -0.25) is 4.55 Å². The van der Waals surface area contributed by atoms with Crippen LogP contribution in [0.4, 0.5) is 0 Å². The summed E-state index contributed by atoms with van der Waals surface area (Å²) in [6.07, 6.45) is 2.53. The van der Waals surface area contributed by atoms with Crippen LogP contribution in [0.2, 0.25) is 0 Å². The van der Waals surface area contributed by atoms with E-state index in [-0.39, 0.29) is 0 Å². The third kappa shape index (κ3) is 2.03. The number of nitriles is 1. The van der Waals surface area contributed by atoms with Crippen molar-refractivity contribution in [2.24, 2.45) is 0 Å². The van der Waals surface area contributed by atoms with Crippen LogP contribution in [-0.4, -0.2) is 17.7 Å². The van der Waals surface area contributed by atoms with Gasteiger partial charge in [0, 0.05) is 0 Å². The Bertz CT molecular complexity index is 298. The van der Waals surface area contributed by atoms with Gasteiger partial charge in [-0.25, -0.2) is 0 Å². The van der Waals surface area contributed by atoms with Gasteiger partial charge in [0.25, 0.3) is 10.1 Å². The molecule has 0 bridgehead atoms. The molecule has 0 aromatic rings. The Morgan fingerprint density at radius 1 is 1.64 bits per heavy atom. The van der Waals surface area contributed by atoms with Gasteiger partial charge >= 0.3 is 0 Å². The van der Waals surface area contributed by atoms with Gasteiger partial charge in [0.2, 0.25) is 0 Å². The first-order valence-corrected chi connectivity index (χ1v) is 4.33. The Kier molecular flexibility index (Phi) is 2.79. The minimum atomic E-state index is -4.32. The molecule has 4 nitrogen and oxygen atoms in total. The highest BCUT2D eigenvalue weighted by molar-refractivity contribution is 7.87. The zero-order chi connectivity index (χ0) is 9.12. The molecule has 5 heteroatoms. The molecular formula is C6H9NO3S. The molecule has 0 aromatic heterocycles. The molecule has 0 aliphatic carbocycles. The second kappa shape index (κ2) is 3.03. The lowest BCUT2D eigenvalue weighted by Gasteiger charge is -2.11. The van der Waals surface area contributed by atoms with Crippen LogP contribution in [0.15, 0.2) is 12.2 Å². The molecule has 0 aromatic carbocycles. The average Bonchev–Trinajstić information content (AvgIpc) is 1.86. The Balaban J connectivity index is 5.14. The van der Waals surface area contributed by atoms with E-state index in [1.807, 2.05) is 0 Å². The Hall–Kier alpha value is -0.860. The van der Waals surface area contributed by atoms with Gasteiger partial charge in [-0.15, -0.1) is 0 Å². The fraction of sp³-hybridized carbons (Fsp3) is 0.500. The highest BCUT2D eigenvalue weighted by Crippen LogP contribution is 2.15. The zero-order valence-electron chi connectivity index (χ0n) is 6.27. The van der Waals surface area contributed by atoms with Crippen molar-refractivity contribution in [2.75, 3.05) is 0 Å². The second-order valence-electron chi connectivity index (χ2n) is 2.19. The maximum absolute atomic E-state index is 10.6. The summed E-state index contributed by atoms with van der Waals surface area (Å²) in [4.78, 5) is 0. The van der Waals surface area contributed by atoms with Crippen molar-refractivity contribution < 1.29 is 13.0 Å². The van der Waals surface area contributed by atoms with Crippen LogP contribution in [0, 0.1) is 11.3 Å². The Morgan fingerprint density at radius 3 is 2.18 bits per heavy atom. The Morgan fingerprint density at radius 2 is 2.09 bits per heavy atom. The standard InChI is InChI=1S/C6H9NO3S/c1-3-4-6(2,5-7)11(8,9)10/h3-4H,1-2H3,(H,8,9,10). The van der Waals surface area contributed by atoms with E-state index in [0.29, 0.717) is 0 Å². The van der Waals surface area contributed by atoms with Crippen LogP contribution < -0.4 is 0 Å². The smallest absolute Gasteiger partial charge is 0.284 e. The Labute approximate surface area is 65.9 Å². The number of allylic oxidation sites excluding steroid dienone is 1. The summed E-state index contributed by atoms with van der Waals surface area (Å²) in [7, 11) is -4.32. The first-order valence-electron chi connectivity index (χ1n) is 2.89. The van der Waals surface area contributed by atoms with Gasteiger partial charge in [-0.2, -0.15) is 13.7 Å². The minimum Gasteiger partial charge on any atom is -0.284 e. The number of nitrogens with zero attached hydrogens (tertiary/aromatic N) is 1. The largest absolute Gasteiger partial charge is 0.287 e. The van der Waals surface area contributed by atoms with Crippen LogP contribution in [0.3, 0.4) is 0 Å². The molecule has 0 aliphatic rings. The fourth-order valence-electron chi connectivity index (χ4n) is 0.499. The molecule has 11 heavy (non-hydrogen) atoms. The van der Waals surface area contributed by atoms with Gasteiger partial charge in [-0.1, -0.05) is 12.2 Å². The van der Waals surface area contributed by atoms with Crippen LogP contribution in [0.1, 0.15) is 13.8 Å². The summed E-state index contributed by atoms with van der Waals surface area (Å²) in [5.74, 6) is 0. The molecule has 0 spiro atoms. The van der Waals surface area contributed by atoms with Crippen molar-refractivity contribution in [3.8, 4) is 6.07 Å². The van der Waals surface area contributed by atoms with Crippen molar-refractivity contribution in [3.05, 3.63) is 12.2 Å². The number of hydrogen-bond acceptors (Lipinski definition) is 3. The lowest BCUT2D eigenvalue weighted by Crippen LogP contribution is -2.30. The van der Waals surface area contributed by atoms with Crippen LogP contribution in [-0.2, 0) is 10.1 Å². The van der Waals surface area contributed by atoms with Crippen LogP contribution in [0.5, 0.6) is 0 Å². The van der Waals surface area contributed by atoms with E-state index in [1.54, 1.807) is 6.92 Å². The molecule has 62 valence electrons. The van der Waals surface area contributed by atoms with Crippen LogP contribution >= 0.6 is 0 Å². The van der Waals surface area contributed by atoms with E-state index in [0.717, 1.165) is 13.0 Å². The molecule has 0 amide bonds. The maximum atomic E-state index is 10.6. The van der Waals surface area contributed by atoms with Gasteiger partial charge < -0.3 is 0 Å². The molecule has 1 unspecified atom stereocenters. The number of rotatable bonds is 2. The predicted molar refractivity (Wildman–Crippen MR) is 40.4 cm³/mol. The third-order valence-corrected chi connectivity index (χ3v) is 2.54. The van der Waals surface area contributed by atoms with Gasteiger partial charge in [0.05, 0.1) is 6.07 Å². The molecule has 0 radical (unpaired) electrons. The highest BCUT2D eigenvalue weighted by atomic mass is 32.2. The average molecular weight is 175 g/mol. The van der Waals surface area contributed by atoms with E-state index in [2.05, 4.69) is 0 Å². The summed E-state index contributed by atoms with van der Waals surface area (Å²) < 4.78 is 27.9. The normalized spacial score (nSPS) is 17.6.